The van der Waals surface area contributed by atoms with Crippen LogP contribution in [0.15, 0.2) is 23.9 Å². The molecule has 1 aliphatic rings. The van der Waals surface area contributed by atoms with Crippen molar-refractivity contribution in [2.75, 3.05) is 20.3 Å². The van der Waals surface area contributed by atoms with Crippen LogP contribution in [0.1, 0.15) is 0 Å². The van der Waals surface area contributed by atoms with Gasteiger partial charge >= 0.3 is 0 Å². The third-order valence-electron chi connectivity index (χ3n) is 1.17. The molecule has 0 aliphatic carbocycles. The molecule has 50 valence electrons. The molecule has 0 atom stereocenters. The summed E-state index contributed by atoms with van der Waals surface area (Å²) in [6.07, 6.45) is 6.12. The Bertz CT molecular complexity index is 138. The molecule has 0 aromatic heterocycles. The van der Waals surface area contributed by atoms with Gasteiger partial charge in [0, 0.05) is 19.9 Å². The van der Waals surface area contributed by atoms with E-state index in [1.807, 2.05) is 6.20 Å². The zero-order valence-electron chi connectivity index (χ0n) is 5.55. The van der Waals surface area contributed by atoms with Crippen LogP contribution in [0.2, 0.25) is 0 Å². The molecule has 1 N–H and O–H groups in total. The minimum absolute atomic E-state index is 0.698. The summed E-state index contributed by atoms with van der Waals surface area (Å²) >= 11 is 0. The highest BCUT2D eigenvalue weighted by Gasteiger charge is 1.92. The van der Waals surface area contributed by atoms with Crippen molar-refractivity contribution >= 4 is 0 Å². The highest BCUT2D eigenvalue weighted by Crippen LogP contribution is 1.98. The molecular formula is C7H11NO. The average Bonchev–Trinajstić information content (AvgIpc) is 1.91. The summed E-state index contributed by atoms with van der Waals surface area (Å²) in [5.41, 5.74) is 1.20. The number of dihydropyridines is 1. The van der Waals surface area contributed by atoms with Gasteiger partial charge in [-0.15, -0.1) is 0 Å². The van der Waals surface area contributed by atoms with Gasteiger partial charge in [0.15, 0.2) is 0 Å². The van der Waals surface area contributed by atoms with Crippen LogP contribution in [-0.4, -0.2) is 20.3 Å². The van der Waals surface area contributed by atoms with E-state index in [1.165, 1.54) is 5.57 Å². The number of nitrogens with one attached hydrogen (secondary N) is 1. The van der Waals surface area contributed by atoms with Crippen LogP contribution in [0.4, 0.5) is 0 Å². The Hall–Kier alpha value is -0.760. The quantitative estimate of drug-likeness (QED) is 0.586. The average molecular weight is 125 g/mol. The van der Waals surface area contributed by atoms with Crippen molar-refractivity contribution in [1.82, 2.24) is 5.32 Å². The van der Waals surface area contributed by atoms with Crippen LogP contribution in [0.5, 0.6) is 0 Å². The molecule has 0 saturated heterocycles. The third kappa shape index (κ3) is 1.90. The Morgan fingerprint density at radius 1 is 1.78 bits per heavy atom. The van der Waals surface area contributed by atoms with E-state index in [2.05, 4.69) is 17.5 Å². The van der Waals surface area contributed by atoms with Crippen molar-refractivity contribution in [1.29, 1.82) is 0 Å². The molecule has 1 aliphatic heterocycles. The van der Waals surface area contributed by atoms with Crippen LogP contribution in [-0.2, 0) is 4.74 Å². The maximum atomic E-state index is 4.92. The Balaban J connectivity index is 2.38. The molecule has 0 radical (unpaired) electrons. The van der Waals surface area contributed by atoms with E-state index in [1.54, 1.807) is 7.11 Å². The van der Waals surface area contributed by atoms with Crippen LogP contribution in [0, 0.1) is 0 Å². The van der Waals surface area contributed by atoms with Crippen molar-refractivity contribution < 1.29 is 4.74 Å². The lowest BCUT2D eigenvalue weighted by Crippen LogP contribution is -2.10. The molecule has 0 saturated carbocycles. The van der Waals surface area contributed by atoms with Crippen molar-refractivity contribution in [2.45, 2.75) is 0 Å². The predicted molar refractivity (Wildman–Crippen MR) is 37.1 cm³/mol. The molecule has 0 fully saturated rings. The van der Waals surface area contributed by atoms with E-state index < -0.39 is 0 Å². The minimum atomic E-state index is 0.698. The fraction of sp³-hybridized carbons (Fsp3) is 0.429. The molecule has 0 aromatic rings. The molecule has 0 aromatic carbocycles. The van der Waals surface area contributed by atoms with Crippen LogP contribution >= 0.6 is 0 Å². The molecule has 0 spiro atoms. The first kappa shape index (κ1) is 6.36. The second-order valence-electron chi connectivity index (χ2n) is 1.96. The summed E-state index contributed by atoms with van der Waals surface area (Å²) in [5, 5.41) is 3.09. The molecule has 2 heteroatoms. The molecule has 0 unspecified atom stereocenters. The van der Waals surface area contributed by atoms with Crippen molar-refractivity contribution in [3.8, 4) is 0 Å². The summed E-state index contributed by atoms with van der Waals surface area (Å²) < 4.78 is 4.92. The van der Waals surface area contributed by atoms with Crippen molar-refractivity contribution in [3.63, 3.8) is 0 Å². The Morgan fingerprint density at radius 2 is 2.67 bits per heavy atom. The molecule has 0 bridgehead atoms. The van der Waals surface area contributed by atoms with Gasteiger partial charge in [0.05, 0.1) is 6.61 Å². The lowest BCUT2D eigenvalue weighted by atomic mass is 10.2. The first-order valence-corrected chi connectivity index (χ1v) is 3.01. The molecular weight excluding hydrogens is 114 g/mol. The Labute approximate surface area is 55.2 Å². The molecule has 9 heavy (non-hydrogen) atoms. The number of hydrogen-bond donors (Lipinski definition) is 1. The summed E-state index contributed by atoms with van der Waals surface area (Å²) in [6, 6.07) is 0. The minimum Gasteiger partial charge on any atom is -0.387 e. The monoisotopic (exact) mass is 125 g/mol. The lowest BCUT2D eigenvalue weighted by Gasteiger charge is -2.06. The number of rotatable bonds is 2. The fourth-order valence-corrected chi connectivity index (χ4v) is 0.773. The zero-order chi connectivity index (χ0) is 6.53. The Morgan fingerprint density at radius 3 is 3.22 bits per heavy atom. The summed E-state index contributed by atoms with van der Waals surface area (Å²) in [5.74, 6) is 0. The zero-order valence-corrected chi connectivity index (χ0v) is 5.55. The van der Waals surface area contributed by atoms with Gasteiger partial charge < -0.3 is 10.1 Å². The van der Waals surface area contributed by atoms with Gasteiger partial charge in [0.2, 0.25) is 0 Å². The largest absolute Gasteiger partial charge is 0.387 e. The van der Waals surface area contributed by atoms with E-state index in [0.29, 0.717) is 6.61 Å². The van der Waals surface area contributed by atoms with Gasteiger partial charge in [0.25, 0.3) is 0 Å². The van der Waals surface area contributed by atoms with Gasteiger partial charge in [-0.1, -0.05) is 12.2 Å². The van der Waals surface area contributed by atoms with Gasteiger partial charge in [-0.05, 0) is 5.57 Å². The summed E-state index contributed by atoms with van der Waals surface area (Å²) in [4.78, 5) is 0. The first-order valence-electron chi connectivity index (χ1n) is 3.01. The second kappa shape index (κ2) is 3.30. The first-order chi connectivity index (χ1) is 4.43. The maximum Gasteiger partial charge on any atom is 0.0726 e. The summed E-state index contributed by atoms with van der Waals surface area (Å²) in [6.45, 7) is 1.64. The highest BCUT2D eigenvalue weighted by molar-refractivity contribution is 5.21. The molecule has 1 heterocycles. The van der Waals surface area contributed by atoms with Gasteiger partial charge in [0.1, 0.15) is 0 Å². The Kier molecular flexibility index (Phi) is 2.33. The van der Waals surface area contributed by atoms with E-state index in [9.17, 15) is 0 Å². The fourth-order valence-electron chi connectivity index (χ4n) is 0.773. The highest BCUT2D eigenvalue weighted by atomic mass is 16.5. The van der Waals surface area contributed by atoms with Gasteiger partial charge in [-0.25, -0.2) is 0 Å². The predicted octanol–water partition coefficient (Wildman–Crippen LogP) is 0.676. The van der Waals surface area contributed by atoms with Crippen LogP contribution < -0.4 is 5.32 Å². The maximum absolute atomic E-state index is 4.92. The smallest absolute Gasteiger partial charge is 0.0726 e. The number of methoxy groups -OCH3 is 1. The number of ether oxygens (including phenoxy) is 1. The topological polar surface area (TPSA) is 21.3 Å². The van der Waals surface area contributed by atoms with Crippen LogP contribution in [0.25, 0.3) is 0 Å². The third-order valence-corrected chi connectivity index (χ3v) is 1.17. The van der Waals surface area contributed by atoms with Gasteiger partial charge in [-0.2, -0.15) is 0 Å². The second-order valence-corrected chi connectivity index (χ2v) is 1.96. The SMILES string of the molecule is COCC1=CNCC=C1. The number of hydrogen-bond acceptors (Lipinski definition) is 2. The van der Waals surface area contributed by atoms with E-state index in [0.717, 1.165) is 6.54 Å². The van der Waals surface area contributed by atoms with E-state index >= 15 is 0 Å². The lowest BCUT2D eigenvalue weighted by molar-refractivity contribution is 0.227. The molecule has 0 amide bonds. The van der Waals surface area contributed by atoms with Gasteiger partial charge in [-0.3, -0.25) is 0 Å². The van der Waals surface area contributed by atoms with Crippen LogP contribution in [0.3, 0.4) is 0 Å². The van der Waals surface area contributed by atoms with E-state index in [-0.39, 0.29) is 0 Å². The van der Waals surface area contributed by atoms with Crippen molar-refractivity contribution in [2.24, 2.45) is 0 Å². The normalized spacial score (nSPS) is 16.8. The molecule has 2 nitrogen and oxygen atoms in total. The van der Waals surface area contributed by atoms with E-state index in [4.69, 9.17) is 4.74 Å². The molecule has 1 rings (SSSR count). The summed E-state index contributed by atoms with van der Waals surface area (Å²) in [7, 11) is 1.70. The van der Waals surface area contributed by atoms with Crippen molar-refractivity contribution in [3.05, 3.63) is 23.9 Å². The standard InChI is InChI=1S/C7H11NO/c1-9-6-7-3-2-4-8-5-7/h2-3,5,8H,4,6H2,1H3.